The van der Waals surface area contributed by atoms with E-state index in [1.807, 2.05) is 17.0 Å². The number of carbonyl (C=O) groups excluding carboxylic acids is 2. The van der Waals surface area contributed by atoms with Crippen LogP contribution in [-0.2, 0) is 21.4 Å². The van der Waals surface area contributed by atoms with E-state index in [4.69, 9.17) is 4.74 Å². The quantitative estimate of drug-likeness (QED) is 0.733. The monoisotopic (exact) mass is 283 g/mol. The molecule has 2 heterocycles. The lowest BCUT2D eigenvalue weighted by Crippen LogP contribution is -2.65. The van der Waals surface area contributed by atoms with Gasteiger partial charge < -0.3 is 9.64 Å². The Hall–Kier alpha value is -1.84. The average molecular weight is 283 g/mol. The lowest BCUT2D eigenvalue weighted by atomic mass is 9.52. The zero-order chi connectivity index (χ0) is 14.2. The molecule has 2 bridgehead atoms. The molecule has 1 saturated carbocycles. The standard InChI is InChI=1S/C17H17NO3/c19-9-18-7-6-17-11-4-5-13(20)16(17)21-14-3-1-2-10(15(14)17)8-12(11)18/h1-3,9,11-12,16H,4-8H2/t11-,12+,16?,17-/m0/s1. The smallest absolute Gasteiger partial charge is 0.209 e. The van der Waals surface area contributed by atoms with Gasteiger partial charge in [-0.3, -0.25) is 9.59 Å². The molecule has 1 aromatic carbocycles. The number of hydrogen-bond acceptors (Lipinski definition) is 3. The van der Waals surface area contributed by atoms with Gasteiger partial charge in [-0.1, -0.05) is 12.1 Å². The Kier molecular flexibility index (Phi) is 2.06. The van der Waals surface area contributed by atoms with Crippen molar-refractivity contribution in [2.45, 2.75) is 43.2 Å². The lowest BCUT2D eigenvalue weighted by Gasteiger charge is -2.56. The Balaban J connectivity index is 1.79. The van der Waals surface area contributed by atoms with E-state index in [0.717, 1.165) is 38.0 Å². The molecule has 21 heavy (non-hydrogen) atoms. The van der Waals surface area contributed by atoms with Gasteiger partial charge in [0, 0.05) is 30.0 Å². The highest BCUT2D eigenvalue weighted by Crippen LogP contribution is 2.61. The minimum Gasteiger partial charge on any atom is -0.481 e. The Labute approximate surface area is 123 Å². The van der Waals surface area contributed by atoms with Crippen molar-refractivity contribution in [3.05, 3.63) is 29.3 Å². The van der Waals surface area contributed by atoms with Crippen LogP contribution < -0.4 is 4.74 Å². The summed E-state index contributed by atoms with van der Waals surface area (Å²) >= 11 is 0. The maximum absolute atomic E-state index is 12.5. The summed E-state index contributed by atoms with van der Waals surface area (Å²) < 4.78 is 6.10. The fourth-order valence-electron chi connectivity index (χ4n) is 5.46. The number of likely N-dealkylation sites (tertiary alicyclic amines) is 1. The van der Waals surface area contributed by atoms with Crippen LogP contribution in [0.5, 0.6) is 5.75 Å². The van der Waals surface area contributed by atoms with Gasteiger partial charge in [-0.05, 0) is 36.8 Å². The molecule has 1 spiro atoms. The maximum atomic E-state index is 12.5. The predicted molar refractivity (Wildman–Crippen MR) is 75.1 cm³/mol. The fourth-order valence-corrected chi connectivity index (χ4v) is 5.46. The van der Waals surface area contributed by atoms with Crippen molar-refractivity contribution in [3.63, 3.8) is 0 Å². The van der Waals surface area contributed by atoms with Crippen LogP contribution in [0.1, 0.15) is 30.4 Å². The van der Waals surface area contributed by atoms with Crippen LogP contribution in [0.3, 0.4) is 0 Å². The molecule has 0 N–H and O–H groups in total. The first-order valence-corrected chi connectivity index (χ1v) is 7.78. The average Bonchev–Trinajstić information content (AvgIpc) is 2.83. The van der Waals surface area contributed by atoms with Crippen molar-refractivity contribution in [1.29, 1.82) is 0 Å². The number of nitrogens with zero attached hydrogens (tertiary/aromatic N) is 1. The summed E-state index contributed by atoms with van der Waals surface area (Å²) in [6.07, 6.45) is 3.91. The molecule has 1 unspecified atom stereocenters. The number of benzene rings is 1. The molecule has 2 fully saturated rings. The summed E-state index contributed by atoms with van der Waals surface area (Å²) in [6, 6.07) is 6.38. The summed E-state index contributed by atoms with van der Waals surface area (Å²) in [4.78, 5) is 25.8. The Morgan fingerprint density at radius 3 is 3.14 bits per heavy atom. The Morgan fingerprint density at radius 2 is 2.29 bits per heavy atom. The van der Waals surface area contributed by atoms with E-state index in [2.05, 4.69) is 6.07 Å². The molecule has 5 rings (SSSR count). The predicted octanol–water partition coefficient (Wildman–Crippen LogP) is 1.45. The van der Waals surface area contributed by atoms with Crippen LogP contribution in [0.15, 0.2) is 18.2 Å². The number of rotatable bonds is 1. The summed E-state index contributed by atoms with van der Waals surface area (Å²) in [5.41, 5.74) is 2.40. The largest absolute Gasteiger partial charge is 0.481 e. The number of hydrogen-bond donors (Lipinski definition) is 0. The Morgan fingerprint density at radius 1 is 1.38 bits per heavy atom. The van der Waals surface area contributed by atoms with Gasteiger partial charge in [-0.25, -0.2) is 0 Å². The molecule has 4 atom stereocenters. The number of Topliss-reactive ketones (excluding diaryl/α,β-unsaturated/α-hetero) is 1. The minimum atomic E-state index is -0.316. The molecule has 1 amide bonds. The molecular formula is C17H17NO3. The van der Waals surface area contributed by atoms with Gasteiger partial charge >= 0.3 is 0 Å². The molecule has 4 heteroatoms. The van der Waals surface area contributed by atoms with Gasteiger partial charge in [-0.2, -0.15) is 0 Å². The van der Waals surface area contributed by atoms with E-state index in [1.165, 1.54) is 11.1 Å². The third-order valence-electron chi connectivity index (χ3n) is 6.19. The van der Waals surface area contributed by atoms with Crippen molar-refractivity contribution in [2.24, 2.45) is 5.92 Å². The molecule has 1 aromatic rings. The molecule has 108 valence electrons. The normalized spacial score (nSPS) is 38.8. The van der Waals surface area contributed by atoms with E-state index in [1.54, 1.807) is 0 Å². The molecule has 0 aromatic heterocycles. The van der Waals surface area contributed by atoms with Crippen molar-refractivity contribution in [1.82, 2.24) is 4.90 Å². The van der Waals surface area contributed by atoms with Crippen molar-refractivity contribution >= 4 is 12.2 Å². The van der Waals surface area contributed by atoms with E-state index >= 15 is 0 Å². The van der Waals surface area contributed by atoms with Gasteiger partial charge in [0.25, 0.3) is 0 Å². The number of amides is 1. The highest BCUT2D eigenvalue weighted by Gasteiger charge is 2.65. The maximum Gasteiger partial charge on any atom is 0.209 e. The summed E-state index contributed by atoms with van der Waals surface area (Å²) in [5.74, 6) is 1.53. The summed E-state index contributed by atoms with van der Waals surface area (Å²) in [6.45, 7) is 0.742. The highest BCUT2D eigenvalue weighted by atomic mass is 16.5. The summed E-state index contributed by atoms with van der Waals surface area (Å²) in [7, 11) is 0. The molecular weight excluding hydrogens is 266 g/mol. The van der Waals surface area contributed by atoms with E-state index in [-0.39, 0.29) is 23.3 Å². The number of ketones is 1. The fraction of sp³-hybridized carbons (Fsp3) is 0.529. The van der Waals surface area contributed by atoms with Gasteiger partial charge in [0.2, 0.25) is 6.41 Å². The third-order valence-corrected chi connectivity index (χ3v) is 6.19. The molecule has 2 aliphatic heterocycles. The van der Waals surface area contributed by atoms with Crippen LogP contribution in [-0.4, -0.2) is 35.8 Å². The first kappa shape index (κ1) is 11.8. The van der Waals surface area contributed by atoms with Gasteiger partial charge in [0.05, 0.1) is 0 Å². The minimum absolute atomic E-state index is 0.163. The molecule has 1 saturated heterocycles. The highest BCUT2D eigenvalue weighted by molar-refractivity contribution is 5.88. The van der Waals surface area contributed by atoms with Crippen LogP contribution in [0, 0.1) is 5.92 Å². The van der Waals surface area contributed by atoms with E-state index < -0.39 is 0 Å². The molecule has 2 aliphatic carbocycles. The zero-order valence-electron chi connectivity index (χ0n) is 11.7. The van der Waals surface area contributed by atoms with Gasteiger partial charge in [0.15, 0.2) is 11.9 Å². The van der Waals surface area contributed by atoms with Crippen LogP contribution in [0.4, 0.5) is 0 Å². The second-order valence-corrected chi connectivity index (χ2v) is 6.80. The number of carbonyl (C=O) groups is 2. The molecule has 4 nitrogen and oxygen atoms in total. The van der Waals surface area contributed by atoms with Crippen molar-refractivity contribution < 1.29 is 14.3 Å². The second kappa shape index (κ2) is 3.67. The molecule has 4 aliphatic rings. The van der Waals surface area contributed by atoms with Crippen molar-refractivity contribution in [2.75, 3.05) is 6.54 Å². The van der Waals surface area contributed by atoms with Gasteiger partial charge in [0.1, 0.15) is 5.75 Å². The molecule has 0 radical (unpaired) electrons. The van der Waals surface area contributed by atoms with E-state index in [0.29, 0.717) is 12.3 Å². The Bertz CT molecular complexity index is 670. The van der Waals surface area contributed by atoms with Crippen LogP contribution >= 0.6 is 0 Å². The summed E-state index contributed by atoms with van der Waals surface area (Å²) in [5, 5.41) is 0. The number of ether oxygens (including phenoxy) is 1. The van der Waals surface area contributed by atoms with Gasteiger partial charge in [-0.15, -0.1) is 0 Å². The zero-order valence-corrected chi connectivity index (χ0v) is 11.7. The lowest BCUT2D eigenvalue weighted by molar-refractivity contribution is -0.141. The number of piperidine rings is 1. The third kappa shape index (κ3) is 1.19. The first-order chi connectivity index (χ1) is 10.3. The second-order valence-electron chi connectivity index (χ2n) is 6.80. The van der Waals surface area contributed by atoms with Crippen LogP contribution in [0.2, 0.25) is 0 Å². The van der Waals surface area contributed by atoms with Crippen molar-refractivity contribution in [3.8, 4) is 5.75 Å². The first-order valence-electron chi connectivity index (χ1n) is 7.78. The van der Waals surface area contributed by atoms with E-state index in [9.17, 15) is 9.59 Å². The SMILES string of the molecule is O=CN1CC[C@]23c4c5cccc4OC2C(=O)CC[C@H]3[C@H]1C5. The topological polar surface area (TPSA) is 46.6 Å². The van der Waals surface area contributed by atoms with Crippen LogP contribution in [0.25, 0.3) is 0 Å².